The molecule has 1 aliphatic carbocycles. The Kier molecular flexibility index (Phi) is 2.37. The lowest BCUT2D eigenvalue weighted by atomic mass is 10.0. The van der Waals surface area contributed by atoms with E-state index in [2.05, 4.69) is 4.90 Å². The summed E-state index contributed by atoms with van der Waals surface area (Å²) in [6, 6.07) is 0. The SMILES string of the molecule is NCC1(CCN2CCCC2)CC1. The molecule has 12 heavy (non-hydrogen) atoms. The number of hydrogen-bond acceptors (Lipinski definition) is 2. The van der Waals surface area contributed by atoms with Crippen molar-refractivity contribution in [1.29, 1.82) is 0 Å². The molecule has 1 aliphatic heterocycles. The molecular formula is C10H20N2. The summed E-state index contributed by atoms with van der Waals surface area (Å²) in [4.78, 5) is 2.59. The zero-order valence-electron chi connectivity index (χ0n) is 7.89. The molecule has 2 aliphatic rings. The number of nitrogens with two attached hydrogens (primary N) is 1. The third kappa shape index (κ3) is 1.80. The highest BCUT2D eigenvalue weighted by Crippen LogP contribution is 2.47. The number of hydrogen-bond donors (Lipinski definition) is 1. The maximum Gasteiger partial charge on any atom is -0.00130 e. The minimum Gasteiger partial charge on any atom is -0.330 e. The maximum atomic E-state index is 5.74. The van der Waals surface area contributed by atoms with E-state index in [1.165, 1.54) is 51.7 Å². The summed E-state index contributed by atoms with van der Waals surface area (Å²) >= 11 is 0. The molecule has 0 radical (unpaired) electrons. The van der Waals surface area contributed by atoms with Gasteiger partial charge in [-0.05, 0) is 63.7 Å². The van der Waals surface area contributed by atoms with Crippen LogP contribution in [0.1, 0.15) is 32.1 Å². The zero-order valence-corrected chi connectivity index (χ0v) is 7.89. The van der Waals surface area contributed by atoms with Gasteiger partial charge < -0.3 is 10.6 Å². The predicted octanol–water partition coefficient (Wildman–Crippen LogP) is 1.21. The average Bonchev–Trinajstić information content (AvgIpc) is 2.70. The van der Waals surface area contributed by atoms with Crippen LogP contribution in [0.25, 0.3) is 0 Å². The van der Waals surface area contributed by atoms with Crippen LogP contribution in [-0.2, 0) is 0 Å². The summed E-state index contributed by atoms with van der Waals surface area (Å²) in [5, 5.41) is 0. The second-order valence-corrected chi connectivity index (χ2v) is 4.50. The fraction of sp³-hybridized carbons (Fsp3) is 1.00. The van der Waals surface area contributed by atoms with E-state index in [0.717, 1.165) is 6.54 Å². The predicted molar refractivity (Wildman–Crippen MR) is 51.0 cm³/mol. The summed E-state index contributed by atoms with van der Waals surface area (Å²) in [6.45, 7) is 4.89. The first-order chi connectivity index (χ1) is 5.85. The standard InChI is InChI=1S/C10H20N2/c11-9-10(3-4-10)5-8-12-6-1-2-7-12/h1-9,11H2. The largest absolute Gasteiger partial charge is 0.330 e. The molecule has 0 aromatic carbocycles. The molecule has 0 unspecified atom stereocenters. The van der Waals surface area contributed by atoms with Crippen LogP contribution in [-0.4, -0.2) is 31.1 Å². The van der Waals surface area contributed by atoms with Gasteiger partial charge in [0.2, 0.25) is 0 Å². The number of rotatable bonds is 4. The molecule has 0 bridgehead atoms. The number of likely N-dealkylation sites (tertiary alicyclic amines) is 1. The smallest absolute Gasteiger partial charge is 0.00130 e. The summed E-state index contributed by atoms with van der Waals surface area (Å²) in [5.74, 6) is 0. The van der Waals surface area contributed by atoms with Crippen LogP contribution < -0.4 is 5.73 Å². The van der Waals surface area contributed by atoms with E-state index in [-0.39, 0.29) is 0 Å². The van der Waals surface area contributed by atoms with Gasteiger partial charge in [0.05, 0.1) is 0 Å². The second kappa shape index (κ2) is 3.35. The molecule has 70 valence electrons. The van der Waals surface area contributed by atoms with Crippen molar-refractivity contribution in [3.63, 3.8) is 0 Å². The fourth-order valence-corrected chi connectivity index (χ4v) is 2.13. The Morgan fingerprint density at radius 1 is 1.17 bits per heavy atom. The Hall–Kier alpha value is -0.0800. The van der Waals surface area contributed by atoms with Crippen molar-refractivity contribution < 1.29 is 0 Å². The number of nitrogens with zero attached hydrogens (tertiary/aromatic N) is 1. The van der Waals surface area contributed by atoms with E-state index in [4.69, 9.17) is 5.73 Å². The molecule has 2 heteroatoms. The van der Waals surface area contributed by atoms with Gasteiger partial charge in [0.15, 0.2) is 0 Å². The molecular weight excluding hydrogens is 148 g/mol. The van der Waals surface area contributed by atoms with E-state index in [0.29, 0.717) is 5.41 Å². The van der Waals surface area contributed by atoms with Gasteiger partial charge in [-0.1, -0.05) is 0 Å². The molecule has 1 heterocycles. The summed E-state index contributed by atoms with van der Waals surface area (Å²) in [7, 11) is 0. The van der Waals surface area contributed by atoms with Gasteiger partial charge >= 0.3 is 0 Å². The van der Waals surface area contributed by atoms with Crippen LogP contribution in [0.4, 0.5) is 0 Å². The van der Waals surface area contributed by atoms with E-state index in [1.807, 2.05) is 0 Å². The second-order valence-electron chi connectivity index (χ2n) is 4.50. The van der Waals surface area contributed by atoms with Gasteiger partial charge in [0.25, 0.3) is 0 Å². The van der Waals surface area contributed by atoms with Crippen molar-refractivity contribution in [2.75, 3.05) is 26.2 Å². The van der Waals surface area contributed by atoms with Gasteiger partial charge in [-0.25, -0.2) is 0 Å². The highest BCUT2D eigenvalue weighted by atomic mass is 15.1. The average molecular weight is 168 g/mol. The molecule has 2 N–H and O–H groups in total. The molecule has 2 nitrogen and oxygen atoms in total. The first-order valence-corrected chi connectivity index (χ1v) is 5.27. The minimum atomic E-state index is 0.586. The minimum absolute atomic E-state index is 0.586. The molecule has 0 spiro atoms. The summed E-state index contributed by atoms with van der Waals surface area (Å²) < 4.78 is 0. The lowest BCUT2D eigenvalue weighted by Crippen LogP contribution is -2.26. The molecule has 1 saturated carbocycles. The van der Waals surface area contributed by atoms with Crippen molar-refractivity contribution in [3.05, 3.63) is 0 Å². The lowest BCUT2D eigenvalue weighted by molar-refractivity contribution is 0.296. The Morgan fingerprint density at radius 2 is 1.83 bits per heavy atom. The van der Waals surface area contributed by atoms with Gasteiger partial charge in [-0.15, -0.1) is 0 Å². The van der Waals surface area contributed by atoms with E-state index >= 15 is 0 Å². The van der Waals surface area contributed by atoms with Crippen LogP contribution in [0.3, 0.4) is 0 Å². The molecule has 0 aromatic rings. The molecule has 0 atom stereocenters. The lowest BCUT2D eigenvalue weighted by Gasteiger charge is -2.18. The molecule has 0 aromatic heterocycles. The Bertz CT molecular complexity index is 146. The normalized spacial score (nSPS) is 27.8. The van der Waals surface area contributed by atoms with Crippen LogP contribution in [0.15, 0.2) is 0 Å². The highest BCUT2D eigenvalue weighted by Gasteiger charge is 2.40. The van der Waals surface area contributed by atoms with E-state index < -0.39 is 0 Å². The van der Waals surface area contributed by atoms with Gasteiger partial charge in [-0.2, -0.15) is 0 Å². The molecule has 2 fully saturated rings. The van der Waals surface area contributed by atoms with Crippen molar-refractivity contribution in [3.8, 4) is 0 Å². The fourth-order valence-electron chi connectivity index (χ4n) is 2.13. The zero-order chi connectivity index (χ0) is 8.44. The van der Waals surface area contributed by atoms with Crippen LogP contribution in [0.5, 0.6) is 0 Å². The van der Waals surface area contributed by atoms with Gasteiger partial charge in [0, 0.05) is 0 Å². The Labute approximate surface area is 75.1 Å². The van der Waals surface area contributed by atoms with E-state index in [9.17, 15) is 0 Å². The highest BCUT2D eigenvalue weighted by molar-refractivity contribution is 4.94. The first-order valence-electron chi connectivity index (χ1n) is 5.27. The van der Waals surface area contributed by atoms with Gasteiger partial charge in [-0.3, -0.25) is 0 Å². The van der Waals surface area contributed by atoms with Gasteiger partial charge in [0.1, 0.15) is 0 Å². The molecule has 1 saturated heterocycles. The third-order valence-electron chi connectivity index (χ3n) is 3.55. The quantitative estimate of drug-likeness (QED) is 0.683. The maximum absolute atomic E-state index is 5.74. The van der Waals surface area contributed by atoms with E-state index in [1.54, 1.807) is 0 Å². The van der Waals surface area contributed by atoms with Crippen molar-refractivity contribution in [1.82, 2.24) is 4.90 Å². The van der Waals surface area contributed by atoms with Crippen molar-refractivity contribution in [2.45, 2.75) is 32.1 Å². The summed E-state index contributed by atoms with van der Waals surface area (Å²) in [5.41, 5.74) is 6.32. The first kappa shape index (κ1) is 8.52. The van der Waals surface area contributed by atoms with Crippen molar-refractivity contribution in [2.24, 2.45) is 11.1 Å². The monoisotopic (exact) mass is 168 g/mol. The van der Waals surface area contributed by atoms with Crippen LogP contribution in [0.2, 0.25) is 0 Å². The molecule has 0 amide bonds. The Balaban J connectivity index is 1.67. The molecule has 2 rings (SSSR count). The van der Waals surface area contributed by atoms with Crippen LogP contribution >= 0.6 is 0 Å². The van der Waals surface area contributed by atoms with Crippen LogP contribution in [0, 0.1) is 5.41 Å². The third-order valence-corrected chi connectivity index (χ3v) is 3.55. The Morgan fingerprint density at radius 3 is 2.33 bits per heavy atom. The van der Waals surface area contributed by atoms with Crippen molar-refractivity contribution >= 4 is 0 Å². The topological polar surface area (TPSA) is 29.3 Å². The summed E-state index contributed by atoms with van der Waals surface area (Å²) in [6.07, 6.45) is 6.95.